The maximum Gasteiger partial charge on any atom is 0.269 e. The molecule has 0 radical (unpaired) electrons. The Hall–Kier alpha value is -2.27. The van der Waals surface area contributed by atoms with E-state index in [1.54, 1.807) is 18.2 Å². The highest BCUT2D eigenvalue weighted by Gasteiger charge is 2.10. The van der Waals surface area contributed by atoms with E-state index in [1.807, 2.05) is 6.92 Å². The molecule has 5 nitrogen and oxygen atoms in total. The number of hydrogen-bond acceptors (Lipinski definition) is 4. The lowest BCUT2D eigenvalue weighted by molar-refractivity contribution is -0.384. The molecule has 104 valence electrons. The average molecular weight is 293 g/mol. The van der Waals surface area contributed by atoms with Gasteiger partial charge in [0.1, 0.15) is 12.4 Å². The molecule has 6 heteroatoms. The first-order chi connectivity index (χ1) is 9.47. The Morgan fingerprint density at radius 3 is 2.70 bits per heavy atom. The summed E-state index contributed by atoms with van der Waals surface area (Å²) in [5.41, 5.74) is 7.71. The number of nitro benzene ring substituents is 1. The fraction of sp³-hybridized carbons (Fsp3) is 0.143. The quantitative estimate of drug-likeness (QED) is 0.529. The molecule has 0 saturated carbocycles. The SMILES string of the molecule is Cc1cc(OCc2cc([N+](=O)[O-])ccc2N)ccc1Cl. The van der Waals surface area contributed by atoms with Gasteiger partial charge in [0.05, 0.1) is 4.92 Å². The molecule has 0 aliphatic rings. The monoisotopic (exact) mass is 292 g/mol. The second-order valence-corrected chi connectivity index (χ2v) is 4.75. The zero-order chi connectivity index (χ0) is 14.7. The average Bonchev–Trinajstić information content (AvgIpc) is 2.41. The highest BCUT2D eigenvalue weighted by atomic mass is 35.5. The molecule has 20 heavy (non-hydrogen) atoms. The van der Waals surface area contributed by atoms with Crippen LogP contribution in [-0.2, 0) is 6.61 Å². The molecule has 0 aliphatic carbocycles. The van der Waals surface area contributed by atoms with Crippen LogP contribution in [0.15, 0.2) is 36.4 Å². The Morgan fingerprint density at radius 2 is 2.05 bits per heavy atom. The minimum atomic E-state index is -0.463. The maximum atomic E-state index is 10.7. The number of benzene rings is 2. The molecule has 0 aliphatic heterocycles. The normalized spacial score (nSPS) is 10.3. The Morgan fingerprint density at radius 1 is 1.30 bits per heavy atom. The number of non-ortho nitro benzene ring substituents is 1. The van der Waals surface area contributed by atoms with Crippen molar-refractivity contribution < 1.29 is 9.66 Å². The highest BCUT2D eigenvalue weighted by Crippen LogP contribution is 2.24. The fourth-order valence-corrected chi connectivity index (χ4v) is 1.82. The van der Waals surface area contributed by atoms with Gasteiger partial charge in [-0.1, -0.05) is 11.6 Å². The summed E-state index contributed by atoms with van der Waals surface area (Å²) in [6.07, 6.45) is 0. The van der Waals surface area contributed by atoms with E-state index in [9.17, 15) is 10.1 Å². The van der Waals surface area contributed by atoms with Crippen molar-refractivity contribution in [3.05, 3.63) is 62.7 Å². The van der Waals surface area contributed by atoms with Crippen LogP contribution in [0.2, 0.25) is 5.02 Å². The van der Waals surface area contributed by atoms with Gasteiger partial charge < -0.3 is 10.5 Å². The molecule has 0 amide bonds. The molecule has 0 unspecified atom stereocenters. The number of nitrogen functional groups attached to an aromatic ring is 1. The molecule has 0 bridgehead atoms. The summed E-state index contributed by atoms with van der Waals surface area (Å²) in [7, 11) is 0. The molecule has 0 fully saturated rings. The largest absolute Gasteiger partial charge is 0.489 e. The van der Waals surface area contributed by atoms with Crippen LogP contribution in [0.25, 0.3) is 0 Å². The number of nitrogens with zero attached hydrogens (tertiary/aromatic N) is 1. The van der Waals surface area contributed by atoms with Crippen molar-refractivity contribution in [2.24, 2.45) is 0 Å². The Labute approximate surface area is 121 Å². The van der Waals surface area contributed by atoms with E-state index in [0.717, 1.165) is 5.56 Å². The van der Waals surface area contributed by atoms with E-state index in [-0.39, 0.29) is 12.3 Å². The van der Waals surface area contributed by atoms with Gasteiger partial charge in [0, 0.05) is 28.4 Å². The van der Waals surface area contributed by atoms with Gasteiger partial charge in [0.25, 0.3) is 5.69 Å². The predicted octanol–water partition coefficient (Wildman–Crippen LogP) is 3.72. The van der Waals surface area contributed by atoms with E-state index in [0.29, 0.717) is 22.0 Å². The van der Waals surface area contributed by atoms with E-state index < -0.39 is 4.92 Å². The van der Waals surface area contributed by atoms with Crippen molar-refractivity contribution in [3.8, 4) is 5.75 Å². The van der Waals surface area contributed by atoms with Gasteiger partial charge in [-0.2, -0.15) is 0 Å². The Balaban J connectivity index is 2.15. The fourth-order valence-electron chi connectivity index (χ4n) is 1.70. The van der Waals surface area contributed by atoms with Crippen molar-refractivity contribution in [3.63, 3.8) is 0 Å². The van der Waals surface area contributed by atoms with Crippen LogP contribution in [-0.4, -0.2) is 4.92 Å². The first-order valence-corrected chi connectivity index (χ1v) is 6.27. The zero-order valence-electron chi connectivity index (χ0n) is 10.8. The van der Waals surface area contributed by atoms with E-state index in [1.165, 1.54) is 18.2 Å². The van der Waals surface area contributed by atoms with Crippen LogP contribution in [0.1, 0.15) is 11.1 Å². The molecular weight excluding hydrogens is 280 g/mol. The zero-order valence-corrected chi connectivity index (χ0v) is 11.6. The molecule has 0 heterocycles. The Kier molecular flexibility index (Phi) is 4.10. The van der Waals surface area contributed by atoms with Crippen molar-refractivity contribution in [2.45, 2.75) is 13.5 Å². The number of nitrogens with two attached hydrogens (primary N) is 1. The lowest BCUT2D eigenvalue weighted by Gasteiger charge is -2.09. The molecule has 2 aromatic rings. The minimum Gasteiger partial charge on any atom is -0.489 e. The summed E-state index contributed by atoms with van der Waals surface area (Å²) in [4.78, 5) is 10.3. The number of halogens is 1. The molecule has 0 aromatic heterocycles. The summed E-state index contributed by atoms with van der Waals surface area (Å²) >= 11 is 5.93. The highest BCUT2D eigenvalue weighted by molar-refractivity contribution is 6.31. The van der Waals surface area contributed by atoms with E-state index in [4.69, 9.17) is 22.1 Å². The first kappa shape index (κ1) is 14.1. The molecule has 0 saturated heterocycles. The van der Waals surface area contributed by atoms with Crippen molar-refractivity contribution in [1.29, 1.82) is 0 Å². The molecule has 2 rings (SSSR count). The smallest absolute Gasteiger partial charge is 0.269 e. The standard InChI is InChI=1S/C14H13ClN2O3/c1-9-6-12(3-4-13(9)15)20-8-10-7-11(17(18)19)2-5-14(10)16/h2-7H,8,16H2,1H3. The first-order valence-electron chi connectivity index (χ1n) is 5.89. The molecule has 0 spiro atoms. The van der Waals surface area contributed by atoms with Crippen LogP contribution >= 0.6 is 11.6 Å². The van der Waals surface area contributed by atoms with Gasteiger partial charge in [-0.15, -0.1) is 0 Å². The summed E-state index contributed by atoms with van der Waals surface area (Å²) in [5, 5.41) is 11.4. The second-order valence-electron chi connectivity index (χ2n) is 4.34. The van der Waals surface area contributed by atoms with Crippen LogP contribution in [0.5, 0.6) is 5.75 Å². The number of ether oxygens (including phenoxy) is 1. The Bertz CT molecular complexity index is 659. The van der Waals surface area contributed by atoms with Crippen molar-refractivity contribution in [2.75, 3.05) is 5.73 Å². The van der Waals surface area contributed by atoms with Crippen LogP contribution in [0, 0.1) is 17.0 Å². The predicted molar refractivity (Wildman–Crippen MR) is 78.0 cm³/mol. The van der Waals surface area contributed by atoms with Crippen molar-refractivity contribution in [1.82, 2.24) is 0 Å². The molecule has 0 atom stereocenters. The van der Waals surface area contributed by atoms with Gasteiger partial charge in [-0.25, -0.2) is 0 Å². The molecule has 2 aromatic carbocycles. The third kappa shape index (κ3) is 3.19. The summed E-state index contributed by atoms with van der Waals surface area (Å²) < 4.78 is 5.58. The van der Waals surface area contributed by atoms with Crippen molar-refractivity contribution >= 4 is 23.0 Å². The molecule has 2 N–H and O–H groups in total. The lowest BCUT2D eigenvalue weighted by atomic mass is 10.1. The minimum absolute atomic E-state index is 0.00918. The number of hydrogen-bond donors (Lipinski definition) is 1. The maximum absolute atomic E-state index is 10.7. The lowest BCUT2D eigenvalue weighted by Crippen LogP contribution is -2.01. The van der Waals surface area contributed by atoms with Crippen LogP contribution < -0.4 is 10.5 Å². The van der Waals surface area contributed by atoms with Gasteiger partial charge in [0.15, 0.2) is 0 Å². The third-order valence-corrected chi connectivity index (χ3v) is 3.29. The van der Waals surface area contributed by atoms with Gasteiger partial charge >= 0.3 is 0 Å². The topological polar surface area (TPSA) is 78.4 Å². The third-order valence-electron chi connectivity index (χ3n) is 2.86. The van der Waals surface area contributed by atoms with E-state index >= 15 is 0 Å². The van der Waals surface area contributed by atoms with Gasteiger partial charge in [0.2, 0.25) is 0 Å². The van der Waals surface area contributed by atoms with Crippen LogP contribution in [0.4, 0.5) is 11.4 Å². The number of nitro groups is 1. The van der Waals surface area contributed by atoms with Crippen LogP contribution in [0.3, 0.4) is 0 Å². The summed E-state index contributed by atoms with van der Waals surface area (Å²) in [6, 6.07) is 9.56. The summed E-state index contributed by atoms with van der Waals surface area (Å²) in [6.45, 7) is 2.03. The van der Waals surface area contributed by atoms with Gasteiger partial charge in [-0.05, 0) is 36.8 Å². The molecular formula is C14H13ClN2O3. The van der Waals surface area contributed by atoms with Gasteiger partial charge in [-0.3, -0.25) is 10.1 Å². The number of aryl methyl sites for hydroxylation is 1. The number of anilines is 1. The van der Waals surface area contributed by atoms with E-state index in [2.05, 4.69) is 0 Å². The number of rotatable bonds is 4. The summed E-state index contributed by atoms with van der Waals surface area (Å²) in [5.74, 6) is 0.637. The second kappa shape index (κ2) is 5.79.